The number of fused-ring (bicyclic) bond motifs is 1. The van der Waals surface area contributed by atoms with Crippen molar-refractivity contribution in [3.8, 4) is 0 Å². The molecule has 0 saturated carbocycles. The van der Waals surface area contributed by atoms with Gasteiger partial charge in [0, 0.05) is 16.8 Å². The zero-order valence-electron chi connectivity index (χ0n) is 14.8. The molecule has 130 valence electrons. The summed E-state index contributed by atoms with van der Waals surface area (Å²) in [6.07, 6.45) is 0. The number of carbonyl (C=O) groups is 2. The van der Waals surface area contributed by atoms with E-state index < -0.39 is 23.1 Å². The van der Waals surface area contributed by atoms with Gasteiger partial charge in [0.2, 0.25) is 0 Å². The number of ether oxygens (including phenoxy) is 1. The monoisotopic (exact) mass is 338 g/mol. The van der Waals surface area contributed by atoms with Gasteiger partial charge in [-0.25, -0.2) is 4.79 Å². The number of aryl methyl sites for hydroxylation is 1. The van der Waals surface area contributed by atoms with Crippen LogP contribution in [0.5, 0.6) is 0 Å². The summed E-state index contributed by atoms with van der Waals surface area (Å²) in [5, 5.41) is 6.10. The van der Waals surface area contributed by atoms with Gasteiger partial charge in [-0.05, 0) is 45.4 Å². The highest BCUT2D eigenvalue weighted by atomic mass is 16.6. The summed E-state index contributed by atoms with van der Waals surface area (Å²) in [5.74, 6) is -0.915. The van der Waals surface area contributed by atoms with Crippen LogP contribution in [0.3, 0.4) is 0 Å². The maximum atomic E-state index is 13.2. The molecule has 1 aliphatic heterocycles. The second-order valence-corrected chi connectivity index (χ2v) is 7.26. The van der Waals surface area contributed by atoms with Gasteiger partial charge in [0.1, 0.15) is 0 Å². The molecule has 0 aromatic heterocycles. The molecular weight excluding hydrogens is 316 g/mol. The van der Waals surface area contributed by atoms with E-state index in [1.807, 2.05) is 52.0 Å². The molecule has 0 spiro atoms. The minimum Gasteiger partial charge on any atom is -0.421 e. The number of carbonyl (C=O) groups excluding carboxylic acids is 2. The Morgan fingerprint density at radius 3 is 2.36 bits per heavy atom. The molecule has 1 aliphatic rings. The number of nitrogens with one attached hydrogen (secondary N) is 2. The molecule has 2 aromatic carbocycles. The van der Waals surface area contributed by atoms with Crippen LogP contribution in [0, 0.1) is 6.92 Å². The number of benzene rings is 2. The van der Waals surface area contributed by atoms with Crippen LogP contribution in [0.25, 0.3) is 0 Å². The van der Waals surface area contributed by atoms with E-state index in [0.717, 1.165) is 11.3 Å². The van der Waals surface area contributed by atoms with Gasteiger partial charge < -0.3 is 15.4 Å². The SMILES string of the molecule is Cc1ccccc1NC1(C(=O)NC(C)(C)C)OC(=O)c2ccccc21. The van der Waals surface area contributed by atoms with E-state index in [1.165, 1.54) is 0 Å². The van der Waals surface area contributed by atoms with E-state index in [4.69, 9.17) is 4.74 Å². The van der Waals surface area contributed by atoms with Crippen molar-refractivity contribution in [2.45, 2.75) is 39.0 Å². The number of esters is 1. The Kier molecular flexibility index (Phi) is 4.03. The molecule has 0 radical (unpaired) electrons. The molecule has 0 fully saturated rings. The normalized spacial score (nSPS) is 19.1. The highest BCUT2D eigenvalue weighted by Gasteiger charge is 2.52. The third-order valence-corrected chi connectivity index (χ3v) is 4.04. The van der Waals surface area contributed by atoms with Crippen LogP contribution in [0.2, 0.25) is 0 Å². The van der Waals surface area contributed by atoms with Crippen molar-refractivity contribution >= 4 is 17.6 Å². The number of para-hydroxylation sites is 1. The maximum Gasteiger partial charge on any atom is 0.341 e. The van der Waals surface area contributed by atoms with E-state index in [0.29, 0.717) is 11.1 Å². The Labute approximate surface area is 147 Å². The Morgan fingerprint density at radius 2 is 1.68 bits per heavy atom. The van der Waals surface area contributed by atoms with Crippen molar-refractivity contribution in [2.75, 3.05) is 5.32 Å². The van der Waals surface area contributed by atoms with E-state index in [1.54, 1.807) is 24.3 Å². The van der Waals surface area contributed by atoms with Gasteiger partial charge in [0.05, 0.1) is 5.56 Å². The van der Waals surface area contributed by atoms with Gasteiger partial charge in [-0.15, -0.1) is 0 Å². The molecule has 1 heterocycles. The van der Waals surface area contributed by atoms with Crippen LogP contribution in [0.1, 0.15) is 42.3 Å². The molecule has 0 aliphatic carbocycles. The first-order valence-corrected chi connectivity index (χ1v) is 8.22. The molecule has 25 heavy (non-hydrogen) atoms. The molecular formula is C20H22N2O3. The predicted molar refractivity (Wildman–Crippen MR) is 96.2 cm³/mol. The standard InChI is InChI=1S/C20H22N2O3/c1-13-9-5-8-12-16(13)21-20(18(24)22-19(2,3)4)15-11-7-6-10-14(15)17(23)25-20/h5-12,21H,1-4H3,(H,22,24). The summed E-state index contributed by atoms with van der Waals surface area (Å²) < 4.78 is 5.62. The Morgan fingerprint density at radius 1 is 1.04 bits per heavy atom. The van der Waals surface area contributed by atoms with Crippen LogP contribution in [-0.4, -0.2) is 17.4 Å². The summed E-state index contributed by atoms with van der Waals surface area (Å²) in [6.45, 7) is 7.58. The second kappa shape index (κ2) is 5.92. The van der Waals surface area contributed by atoms with E-state index in [9.17, 15) is 9.59 Å². The first-order valence-electron chi connectivity index (χ1n) is 8.22. The average molecular weight is 338 g/mol. The van der Waals surface area contributed by atoms with Crippen LogP contribution >= 0.6 is 0 Å². The quantitative estimate of drug-likeness (QED) is 0.842. The smallest absolute Gasteiger partial charge is 0.341 e. The molecule has 2 aromatic rings. The van der Waals surface area contributed by atoms with Crippen molar-refractivity contribution < 1.29 is 14.3 Å². The predicted octanol–water partition coefficient (Wildman–Crippen LogP) is 3.35. The molecule has 0 bridgehead atoms. The first kappa shape index (κ1) is 17.0. The lowest BCUT2D eigenvalue weighted by molar-refractivity contribution is -0.139. The van der Waals surface area contributed by atoms with Crippen molar-refractivity contribution in [1.29, 1.82) is 0 Å². The summed E-state index contributed by atoms with van der Waals surface area (Å²) in [5.41, 5.74) is 0.536. The van der Waals surface area contributed by atoms with E-state index >= 15 is 0 Å². The number of hydrogen-bond donors (Lipinski definition) is 2. The Hall–Kier alpha value is -2.82. The Balaban J connectivity index is 2.12. The molecule has 2 N–H and O–H groups in total. The highest BCUT2D eigenvalue weighted by Crippen LogP contribution is 2.38. The lowest BCUT2D eigenvalue weighted by Crippen LogP contribution is -2.55. The number of cyclic esters (lactones) is 1. The molecule has 0 saturated heterocycles. The minimum absolute atomic E-state index is 0.396. The lowest BCUT2D eigenvalue weighted by Gasteiger charge is -2.33. The lowest BCUT2D eigenvalue weighted by atomic mass is 9.96. The zero-order chi connectivity index (χ0) is 18.2. The Bertz CT molecular complexity index is 839. The van der Waals surface area contributed by atoms with Gasteiger partial charge in [0.15, 0.2) is 0 Å². The van der Waals surface area contributed by atoms with Gasteiger partial charge in [-0.1, -0.05) is 36.4 Å². The van der Waals surface area contributed by atoms with Gasteiger partial charge in [0.25, 0.3) is 11.6 Å². The summed E-state index contributed by atoms with van der Waals surface area (Å²) >= 11 is 0. The van der Waals surface area contributed by atoms with Crippen LogP contribution in [0.15, 0.2) is 48.5 Å². The zero-order valence-corrected chi connectivity index (χ0v) is 14.8. The van der Waals surface area contributed by atoms with E-state index in [-0.39, 0.29) is 0 Å². The van der Waals surface area contributed by atoms with Gasteiger partial charge in [-0.3, -0.25) is 4.79 Å². The summed E-state index contributed by atoms with van der Waals surface area (Å²) in [6, 6.07) is 14.5. The van der Waals surface area contributed by atoms with Crippen molar-refractivity contribution in [3.63, 3.8) is 0 Å². The fourth-order valence-electron chi connectivity index (χ4n) is 2.87. The highest BCUT2D eigenvalue weighted by molar-refractivity contribution is 6.03. The van der Waals surface area contributed by atoms with Crippen molar-refractivity contribution in [3.05, 3.63) is 65.2 Å². The summed E-state index contributed by atoms with van der Waals surface area (Å²) in [7, 11) is 0. The maximum absolute atomic E-state index is 13.2. The van der Waals surface area contributed by atoms with E-state index in [2.05, 4.69) is 10.6 Å². The van der Waals surface area contributed by atoms with Crippen molar-refractivity contribution in [1.82, 2.24) is 5.32 Å². The molecule has 3 rings (SSSR count). The molecule has 1 atom stereocenters. The largest absolute Gasteiger partial charge is 0.421 e. The minimum atomic E-state index is -1.59. The topological polar surface area (TPSA) is 67.4 Å². The fourth-order valence-corrected chi connectivity index (χ4v) is 2.87. The molecule has 5 heteroatoms. The van der Waals surface area contributed by atoms with Crippen LogP contribution in [-0.2, 0) is 15.3 Å². The third-order valence-electron chi connectivity index (χ3n) is 4.04. The van der Waals surface area contributed by atoms with Crippen LogP contribution < -0.4 is 10.6 Å². The van der Waals surface area contributed by atoms with Crippen molar-refractivity contribution in [2.24, 2.45) is 0 Å². The number of anilines is 1. The van der Waals surface area contributed by atoms with Gasteiger partial charge >= 0.3 is 5.97 Å². The fraction of sp³-hybridized carbons (Fsp3) is 0.300. The molecule has 1 amide bonds. The number of amides is 1. The third kappa shape index (κ3) is 3.09. The average Bonchev–Trinajstić information content (AvgIpc) is 2.82. The number of hydrogen-bond acceptors (Lipinski definition) is 4. The number of rotatable bonds is 3. The second-order valence-electron chi connectivity index (χ2n) is 7.26. The first-order chi connectivity index (χ1) is 11.7. The molecule has 5 nitrogen and oxygen atoms in total. The van der Waals surface area contributed by atoms with Gasteiger partial charge in [-0.2, -0.15) is 0 Å². The summed E-state index contributed by atoms with van der Waals surface area (Å²) in [4.78, 5) is 25.5. The van der Waals surface area contributed by atoms with Crippen LogP contribution in [0.4, 0.5) is 5.69 Å². The molecule has 1 unspecified atom stereocenters.